The number of aromatic nitrogens is 4. The number of primary amides is 1. The summed E-state index contributed by atoms with van der Waals surface area (Å²) in [5.74, 6) is -1.25. The van der Waals surface area contributed by atoms with Crippen molar-refractivity contribution in [3.63, 3.8) is 0 Å². The van der Waals surface area contributed by atoms with Crippen LogP contribution < -0.4 is 16.0 Å². The SMILES string of the molecule is NC(=O)c1c(NC(=O)c2nn[nH]n2)cccc1N1CCCCC1.[Na]. The molecule has 1 aromatic heterocycles. The van der Waals surface area contributed by atoms with Gasteiger partial charge >= 0.3 is 0 Å². The van der Waals surface area contributed by atoms with E-state index in [-0.39, 0.29) is 35.4 Å². The van der Waals surface area contributed by atoms with E-state index in [0.29, 0.717) is 11.3 Å². The van der Waals surface area contributed by atoms with E-state index in [1.807, 2.05) is 6.07 Å². The van der Waals surface area contributed by atoms with Crippen LogP contribution in [0.15, 0.2) is 18.2 Å². The minimum atomic E-state index is -0.588. The van der Waals surface area contributed by atoms with Crippen LogP contribution in [-0.2, 0) is 0 Å². The molecule has 0 unspecified atom stereocenters. The molecule has 1 aliphatic heterocycles. The third-order valence-electron chi connectivity index (χ3n) is 3.78. The van der Waals surface area contributed by atoms with E-state index < -0.39 is 11.8 Å². The molecule has 2 amide bonds. The summed E-state index contributed by atoms with van der Waals surface area (Å²) in [6.07, 6.45) is 3.31. The van der Waals surface area contributed by atoms with Crippen LogP contribution in [0.4, 0.5) is 11.4 Å². The number of carbonyl (C=O) groups is 2. The van der Waals surface area contributed by atoms with Gasteiger partial charge in [-0.05, 0) is 36.6 Å². The zero-order valence-electron chi connectivity index (χ0n) is 13.5. The van der Waals surface area contributed by atoms with Crippen LogP contribution in [0.2, 0.25) is 0 Å². The first-order valence-electron chi connectivity index (χ1n) is 7.39. The third-order valence-corrected chi connectivity index (χ3v) is 3.78. The summed E-state index contributed by atoms with van der Waals surface area (Å²) in [5.41, 5.74) is 6.93. The molecule has 0 bridgehead atoms. The number of tetrazole rings is 1. The smallest absolute Gasteiger partial charge is 0.297 e. The number of carbonyl (C=O) groups excluding carboxylic acids is 2. The van der Waals surface area contributed by atoms with Gasteiger partial charge in [0.2, 0.25) is 0 Å². The van der Waals surface area contributed by atoms with Crippen molar-refractivity contribution in [1.82, 2.24) is 20.6 Å². The van der Waals surface area contributed by atoms with Crippen LogP contribution in [0.3, 0.4) is 0 Å². The number of nitrogens with one attached hydrogen (secondary N) is 2. The predicted molar refractivity (Wildman–Crippen MR) is 88.9 cm³/mol. The van der Waals surface area contributed by atoms with Gasteiger partial charge in [-0.15, -0.1) is 10.2 Å². The first-order valence-corrected chi connectivity index (χ1v) is 7.39. The maximum absolute atomic E-state index is 12.1. The van der Waals surface area contributed by atoms with Crippen LogP contribution in [0.1, 0.15) is 40.2 Å². The zero-order valence-corrected chi connectivity index (χ0v) is 15.5. The summed E-state index contributed by atoms with van der Waals surface area (Å²) in [6.45, 7) is 1.73. The zero-order chi connectivity index (χ0) is 16.2. The molecular weight excluding hydrogens is 321 g/mol. The fraction of sp³-hybridized carbons (Fsp3) is 0.357. The van der Waals surface area contributed by atoms with E-state index in [1.165, 1.54) is 6.42 Å². The van der Waals surface area contributed by atoms with E-state index in [0.717, 1.165) is 31.6 Å². The van der Waals surface area contributed by atoms with Gasteiger partial charge in [0.1, 0.15) is 0 Å². The van der Waals surface area contributed by atoms with Gasteiger partial charge in [0.05, 0.1) is 16.9 Å². The Bertz CT molecular complexity index is 714. The van der Waals surface area contributed by atoms with Gasteiger partial charge in [-0.2, -0.15) is 5.21 Å². The van der Waals surface area contributed by atoms with Crippen LogP contribution in [0.5, 0.6) is 0 Å². The number of nitrogens with zero attached hydrogens (tertiary/aromatic N) is 4. The van der Waals surface area contributed by atoms with Crippen molar-refractivity contribution in [2.75, 3.05) is 23.3 Å². The summed E-state index contributed by atoms with van der Waals surface area (Å²) in [4.78, 5) is 26.1. The number of H-pyrrole nitrogens is 1. The first-order chi connectivity index (χ1) is 11.2. The Morgan fingerprint density at radius 3 is 2.58 bits per heavy atom. The Morgan fingerprint density at radius 2 is 1.96 bits per heavy atom. The predicted octanol–water partition coefficient (Wildman–Crippen LogP) is 0.160. The maximum atomic E-state index is 12.1. The van der Waals surface area contributed by atoms with Gasteiger partial charge in [0.25, 0.3) is 17.6 Å². The number of hydrogen-bond donors (Lipinski definition) is 3. The summed E-state index contributed by atoms with van der Waals surface area (Å²) in [6, 6.07) is 5.25. The second-order valence-electron chi connectivity index (χ2n) is 5.30. The van der Waals surface area contributed by atoms with E-state index in [4.69, 9.17) is 5.73 Å². The van der Waals surface area contributed by atoms with Crippen LogP contribution in [-0.4, -0.2) is 75.1 Å². The number of piperidine rings is 1. The summed E-state index contributed by atoms with van der Waals surface area (Å²) in [7, 11) is 0. The van der Waals surface area contributed by atoms with Gasteiger partial charge in [-0.1, -0.05) is 6.07 Å². The maximum Gasteiger partial charge on any atom is 0.297 e. The van der Waals surface area contributed by atoms with Crippen molar-refractivity contribution in [2.45, 2.75) is 19.3 Å². The van der Waals surface area contributed by atoms with Crippen LogP contribution >= 0.6 is 0 Å². The van der Waals surface area contributed by atoms with Gasteiger partial charge in [0.15, 0.2) is 0 Å². The Morgan fingerprint density at radius 1 is 1.21 bits per heavy atom. The van der Waals surface area contributed by atoms with Crippen LogP contribution in [0.25, 0.3) is 0 Å². The normalized spacial score (nSPS) is 13.9. The second-order valence-corrected chi connectivity index (χ2v) is 5.30. The quantitative estimate of drug-likeness (QED) is 0.681. The number of anilines is 2. The number of amides is 2. The number of hydrogen-bond acceptors (Lipinski definition) is 6. The van der Waals surface area contributed by atoms with Crippen LogP contribution in [0, 0.1) is 0 Å². The van der Waals surface area contributed by atoms with Crippen molar-refractivity contribution in [1.29, 1.82) is 0 Å². The Hall–Kier alpha value is -1.97. The molecule has 24 heavy (non-hydrogen) atoms. The molecule has 1 saturated heterocycles. The third kappa shape index (κ3) is 3.92. The van der Waals surface area contributed by atoms with Gasteiger partial charge in [-0.3, -0.25) is 9.59 Å². The Labute approximate surface area is 160 Å². The molecule has 3 rings (SSSR count). The van der Waals surface area contributed by atoms with Crippen molar-refractivity contribution in [3.8, 4) is 0 Å². The van der Waals surface area contributed by atoms with E-state index in [1.54, 1.807) is 12.1 Å². The summed E-state index contributed by atoms with van der Waals surface area (Å²) < 4.78 is 0. The first kappa shape index (κ1) is 18.4. The van der Waals surface area contributed by atoms with E-state index in [9.17, 15) is 9.59 Å². The number of aromatic amines is 1. The molecule has 0 atom stereocenters. The molecule has 1 aliphatic rings. The fourth-order valence-electron chi connectivity index (χ4n) is 2.74. The molecule has 2 aromatic rings. The largest absolute Gasteiger partial charge is 0.371 e. The number of nitrogens with two attached hydrogens (primary N) is 1. The topological polar surface area (TPSA) is 130 Å². The minimum Gasteiger partial charge on any atom is -0.371 e. The van der Waals surface area contributed by atoms with E-state index in [2.05, 4.69) is 30.8 Å². The number of benzene rings is 1. The second kappa shape index (κ2) is 8.22. The Kier molecular flexibility index (Phi) is 6.29. The average molecular weight is 338 g/mol. The summed E-state index contributed by atoms with van der Waals surface area (Å²) >= 11 is 0. The molecule has 0 spiro atoms. The average Bonchev–Trinajstić information content (AvgIpc) is 3.10. The van der Waals surface area contributed by atoms with Crippen molar-refractivity contribution in [3.05, 3.63) is 29.6 Å². The molecule has 4 N–H and O–H groups in total. The standard InChI is InChI=1S/C14H17N7O2.Na/c15-12(22)11-9(16-14(23)13-17-19-20-18-13)5-4-6-10(11)21-7-2-1-3-8-21;/h4-6H,1-3,7-8H2,(H2,15,22)(H,16,23)(H,17,18,19,20);. The molecular formula is C14H17N7NaO2. The summed E-state index contributed by atoms with van der Waals surface area (Å²) in [5, 5.41) is 15.4. The molecule has 121 valence electrons. The van der Waals surface area contributed by atoms with E-state index >= 15 is 0 Å². The van der Waals surface area contributed by atoms with Crippen molar-refractivity contribution in [2.24, 2.45) is 5.73 Å². The molecule has 10 heteroatoms. The van der Waals surface area contributed by atoms with Gasteiger partial charge in [-0.25, -0.2) is 0 Å². The molecule has 1 fully saturated rings. The monoisotopic (exact) mass is 338 g/mol. The number of rotatable bonds is 4. The molecule has 0 saturated carbocycles. The van der Waals surface area contributed by atoms with Gasteiger partial charge in [0, 0.05) is 42.6 Å². The molecule has 2 heterocycles. The molecule has 0 aliphatic carbocycles. The minimum absolute atomic E-state index is 0. The molecule has 9 nitrogen and oxygen atoms in total. The molecule has 1 aromatic carbocycles. The Balaban J connectivity index is 0.00000208. The fourth-order valence-corrected chi connectivity index (χ4v) is 2.74. The van der Waals surface area contributed by atoms with Crippen molar-refractivity contribution < 1.29 is 9.59 Å². The van der Waals surface area contributed by atoms with Gasteiger partial charge < -0.3 is 16.0 Å². The molecule has 1 radical (unpaired) electrons. The van der Waals surface area contributed by atoms with Crippen molar-refractivity contribution >= 4 is 52.7 Å².